The summed E-state index contributed by atoms with van der Waals surface area (Å²) in [5, 5.41) is 8.40. The fourth-order valence-corrected chi connectivity index (χ4v) is 4.39. The van der Waals surface area contributed by atoms with E-state index in [9.17, 15) is 19.2 Å². The number of carbonyl (C=O) groups excluding carboxylic acids is 4. The lowest BCUT2D eigenvalue weighted by molar-refractivity contribution is -0.140. The number of esters is 1. The van der Waals surface area contributed by atoms with Crippen molar-refractivity contribution in [3.8, 4) is 0 Å². The van der Waals surface area contributed by atoms with E-state index in [-0.39, 0.29) is 44.2 Å². The van der Waals surface area contributed by atoms with E-state index in [1.807, 2.05) is 13.8 Å². The van der Waals surface area contributed by atoms with E-state index in [1.54, 1.807) is 13.0 Å². The van der Waals surface area contributed by atoms with Crippen LogP contribution in [0.3, 0.4) is 0 Å². The van der Waals surface area contributed by atoms with Crippen LogP contribution in [0.1, 0.15) is 59.8 Å². The van der Waals surface area contributed by atoms with Gasteiger partial charge in [-0.1, -0.05) is 13.8 Å². The third-order valence-corrected chi connectivity index (χ3v) is 6.60. The summed E-state index contributed by atoms with van der Waals surface area (Å²) in [6.07, 6.45) is 3.97. The van der Waals surface area contributed by atoms with Gasteiger partial charge in [-0.25, -0.2) is 4.79 Å². The van der Waals surface area contributed by atoms with E-state index < -0.39 is 30.1 Å². The van der Waals surface area contributed by atoms with E-state index in [0.29, 0.717) is 64.7 Å². The minimum atomic E-state index is -0.660. The fraction of sp³-hybridized carbons (Fsp3) is 0.800. The van der Waals surface area contributed by atoms with Crippen molar-refractivity contribution in [3.63, 3.8) is 0 Å². The number of ether oxygens (including phenoxy) is 6. The quantitative estimate of drug-likeness (QED) is 0.0806. The van der Waals surface area contributed by atoms with Gasteiger partial charge in [-0.2, -0.15) is 0 Å². The number of carbonyl (C=O) groups is 4. The van der Waals surface area contributed by atoms with Gasteiger partial charge in [-0.3, -0.25) is 14.4 Å². The zero-order chi connectivity index (χ0) is 32.6. The highest BCUT2D eigenvalue weighted by atomic mass is 16.5. The number of hydrogen-bond acceptors (Lipinski definition) is 11. The predicted molar refractivity (Wildman–Crippen MR) is 163 cm³/mol. The molecule has 1 rings (SSSR count). The van der Waals surface area contributed by atoms with Crippen LogP contribution >= 0.6 is 0 Å². The number of amides is 3. The van der Waals surface area contributed by atoms with Crippen molar-refractivity contribution in [1.29, 1.82) is 0 Å². The molecule has 0 aromatic heterocycles. The molecule has 0 unspecified atom stereocenters. The molecule has 14 nitrogen and oxygen atoms in total. The number of nitrogens with one attached hydrogen (secondary N) is 3. The summed E-state index contributed by atoms with van der Waals surface area (Å²) in [6, 6.07) is -1.28. The molecule has 0 bridgehead atoms. The smallest absolute Gasteiger partial charge is 0.333 e. The lowest BCUT2D eigenvalue weighted by Crippen LogP contribution is -2.60. The minimum absolute atomic E-state index is 0.102. The van der Waals surface area contributed by atoms with Crippen molar-refractivity contribution in [1.82, 2.24) is 16.0 Å². The van der Waals surface area contributed by atoms with Gasteiger partial charge in [0.05, 0.1) is 57.3 Å². The van der Waals surface area contributed by atoms with E-state index in [1.165, 1.54) is 6.92 Å². The Labute approximate surface area is 261 Å². The van der Waals surface area contributed by atoms with Crippen LogP contribution in [-0.2, 0) is 47.6 Å². The first kappa shape index (κ1) is 39.4. The number of nitrogens with two attached hydrogens (primary N) is 1. The van der Waals surface area contributed by atoms with Gasteiger partial charge in [0, 0.05) is 38.7 Å². The average molecular weight is 631 g/mol. The van der Waals surface area contributed by atoms with Gasteiger partial charge >= 0.3 is 5.97 Å². The molecule has 0 spiro atoms. The third-order valence-electron chi connectivity index (χ3n) is 6.60. The molecule has 44 heavy (non-hydrogen) atoms. The van der Waals surface area contributed by atoms with Crippen molar-refractivity contribution in [2.45, 2.75) is 84.1 Å². The van der Waals surface area contributed by atoms with Crippen molar-refractivity contribution >= 4 is 23.7 Å². The highest BCUT2D eigenvalue weighted by Gasteiger charge is 2.38. The fourth-order valence-electron chi connectivity index (χ4n) is 4.39. The Balaban J connectivity index is 2.43. The van der Waals surface area contributed by atoms with Crippen molar-refractivity contribution in [2.75, 3.05) is 72.6 Å². The summed E-state index contributed by atoms with van der Waals surface area (Å²) >= 11 is 0. The maximum absolute atomic E-state index is 12.8. The molecule has 0 heterocycles. The topological polar surface area (TPSA) is 186 Å². The summed E-state index contributed by atoms with van der Waals surface area (Å²) in [5.74, 6) is -1.66. The molecule has 0 aromatic carbocycles. The van der Waals surface area contributed by atoms with Gasteiger partial charge in [0.15, 0.2) is 0 Å². The summed E-state index contributed by atoms with van der Waals surface area (Å²) < 4.78 is 32.9. The van der Waals surface area contributed by atoms with Crippen LogP contribution in [-0.4, -0.2) is 121 Å². The lowest BCUT2D eigenvalue weighted by Gasteiger charge is -2.38. The first-order chi connectivity index (χ1) is 21.2. The highest BCUT2D eigenvalue weighted by molar-refractivity contribution is 5.89. The Morgan fingerprint density at radius 2 is 1.48 bits per heavy atom. The molecule has 1 aliphatic rings. The Bertz CT molecular complexity index is 869. The van der Waals surface area contributed by atoms with Crippen LogP contribution in [0.2, 0.25) is 0 Å². The maximum atomic E-state index is 12.8. The second kappa shape index (κ2) is 24.7. The molecule has 254 valence electrons. The average Bonchev–Trinajstić information content (AvgIpc) is 2.99. The monoisotopic (exact) mass is 630 g/mol. The van der Waals surface area contributed by atoms with E-state index >= 15 is 0 Å². The largest absolute Gasteiger partial charge is 0.463 e. The molecular weight excluding hydrogens is 576 g/mol. The van der Waals surface area contributed by atoms with Gasteiger partial charge in [0.2, 0.25) is 17.7 Å². The molecule has 0 aromatic rings. The van der Waals surface area contributed by atoms with Crippen molar-refractivity contribution < 1.29 is 47.6 Å². The first-order valence-corrected chi connectivity index (χ1v) is 15.6. The molecule has 0 saturated carbocycles. The Morgan fingerprint density at radius 1 is 0.864 bits per heavy atom. The van der Waals surface area contributed by atoms with E-state index in [0.717, 1.165) is 19.3 Å². The predicted octanol–water partition coefficient (Wildman–Crippen LogP) is 0.364. The van der Waals surface area contributed by atoms with E-state index in [2.05, 4.69) is 16.0 Å². The zero-order valence-corrected chi connectivity index (χ0v) is 26.9. The van der Waals surface area contributed by atoms with Crippen LogP contribution < -0.4 is 21.7 Å². The van der Waals surface area contributed by atoms with Gasteiger partial charge in [0.1, 0.15) is 13.2 Å². The van der Waals surface area contributed by atoms with Gasteiger partial charge < -0.3 is 50.1 Å². The van der Waals surface area contributed by atoms with Gasteiger partial charge in [-0.05, 0) is 45.2 Å². The van der Waals surface area contributed by atoms with Crippen LogP contribution in [0.25, 0.3) is 0 Å². The summed E-state index contributed by atoms with van der Waals surface area (Å²) in [7, 11) is 0. The van der Waals surface area contributed by atoms with E-state index in [4.69, 9.17) is 34.2 Å². The molecule has 14 heteroatoms. The SMILES string of the molecule is CCOC(=O)C1=C[C@@H](OC(CC)CC)[C@H](NC(C)=O)[C@@H](NC(=O)COCC(=O)NCCCOCCOCCOCCCN)C1. The Kier molecular flexibility index (Phi) is 22.1. The molecule has 3 atom stereocenters. The normalized spacial score (nSPS) is 18.0. The maximum Gasteiger partial charge on any atom is 0.333 e. The molecule has 0 aliphatic heterocycles. The number of hydrogen-bond donors (Lipinski definition) is 4. The standard InChI is InChI=1S/C30H54N4O10/c1-5-24(6-2)44-26-19-23(30(38)43-7-3)18-25(29(26)33-22(4)35)34-28(37)21-42-20-27(36)32-11-9-13-40-15-17-41-16-14-39-12-8-10-31/h19,24-26,29H,5-18,20-21,31H2,1-4H3,(H,32,36)(H,33,35)(H,34,37)/t25-,26+,29+/m0/s1. The van der Waals surface area contributed by atoms with Gasteiger partial charge in [-0.15, -0.1) is 0 Å². The molecule has 0 radical (unpaired) electrons. The highest BCUT2D eigenvalue weighted by Crippen LogP contribution is 2.25. The Hall–Kier alpha value is -2.62. The van der Waals surface area contributed by atoms with Crippen LogP contribution in [0.5, 0.6) is 0 Å². The summed E-state index contributed by atoms with van der Waals surface area (Å²) in [5.41, 5.74) is 5.75. The van der Waals surface area contributed by atoms with Crippen LogP contribution in [0.4, 0.5) is 0 Å². The first-order valence-electron chi connectivity index (χ1n) is 15.6. The molecule has 1 aliphatic carbocycles. The number of rotatable bonds is 25. The Morgan fingerprint density at radius 3 is 2.07 bits per heavy atom. The van der Waals surface area contributed by atoms with Crippen molar-refractivity contribution in [2.24, 2.45) is 5.73 Å². The zero-order valence-electron chi connectivity index (χ0n) is 26.9. The summed E-state index contributed by atoms with van der Waals surface area (Å²) in [4.78, 5) is 49.5. The molecule has 0 saturated heterocycles. The molecule has 5 N–H and O–H groups in total. The van der Waals surface area contributed by atoms with Crippen LogP contribution in [0, 0.1) is 0 Å². The van der Waals surface area contributed by atoms with Gasteiger partial charge in [0.25, 0.3) is 0 Å². The minimum Gasteiger partial charge on any atom is -0.463 e. The third kappa shape index (κ3) is 17.6. The molecular formula is C30H54N4O10. The molecule has 0 fully saturated rings. The second-order valence-corrected chi connectivity index (χ2v) is 10.2. The molecule has 3 amide bonds. The lowest BCUT2D eigenvalue weighted by atomic mass is 9.87. The van der Waals surface area contributed by atoms with Crippen molar-refractivity contribution in [3.05, 3.63) is 11.6 Å². The second-order valence-electron chi connectivity index (χ2n) is 10.2. The summed E-state index contributed by atoms with van der Waals surface area (Å²) in [6.45, 7) is 10.6. The van der Waals surface area contributed by atoms with Crippen LogP contribution in [0.15, 0.2) is 11.6 Å².